The van der Waals surface area contributed by atoms with E-state index in [9.17, 15) is 4.79 Å². The van der Waals surface area contributed by atoms with Gasteiger partial charge in [0, 0.05) is 1.37 Å². The first kappa shape index (κ1) is 6.40. The Balaban J connectivity index is 3.06. The van der Waals surface area contributed by atoms with Gasteiger partial charge in [-0.25, -0.2) is 0 Å². The van der Waals surface area contributed by atoms with Crippen molar-refractivity contribution in [1.82, 2.24) is 0 Å². The van der Waals surface area contributed by atoms with Crippen LogP contribution >= 0.6 is 0 Å². The molecule has 1 rings (SSSR count). The van der Waals surface area contributed by atoms with E-state index in [1.807, 2.05) is 0 Å². The van der Waals surface area contributed by atoms with Crippen LogP contribution in [0.2, 0.25) is 0 Å². The van der Waals surface area contributed by atoms with Crippen LogP contribution in [0, 0.1) is 0 Å². The number of carboxylic acid groups (broad SMARTS) is 1. The average molecular weight is 151 g/mol. The molecule has 1 aromatic rings. The van der Waals surface area contributed by atoms with Crippen LogP contribution in [-0.2, 0) is 4.79 Å². The lowest BCUT2D eigenvalue weighted by molar-refractivity contribution is -0.138. The van der Waals surface area contributed by atoms with Gasteiger partial charge in [-0.3, -0.25) is 4.79 Å². The van der Waals surface area contributed by atoms with Gasteiger partial charge >= 0.3 is 5.97 Å². The Kier molecular flexibility index (Phi) is 1.86. The first-order valence-electron chi connectivity index (χ1n) is 3.84. The van der Waals surface area contributed by atoms with Crippen LogP contribution < -0.4 is 0 Å². The monoisotopic (exact) mass is 151 g/mol. The topological polar surface area (TPSA) is 37.3 Å². The second-order valence-electron chi connectivity index (χ2n) is 2.30. The van der Waals surface area contributed by atoms with E-state index in [0.717, 1.165) is 0 Å². The molecular weight excluding hydrogens is 140 g/mol. The average Bonchev–Trinajstić information content (AvgIpc) is 2.06. The third-order valence-electron chi connectivity index (χ3n) is 1.53. The zero-order chi connectivity index (χ0) is 9.19. The standard InChI is InChI=1S/C9H10O2/c1-7(9(10)11)8-5-3-2-4-6-8/h2-7H,1H3,(H,10,11)/t7-/m0/s1/i7D. The van der Waals surface area contributed by atoms with E-state index in [1.165, 1.54) is 6.92 Å². The van der Waals surface area contributed by atoms with E-state index in [2.05, 4.69) is 0 Å². The number of rotatable bonds is 2. The summed E-state index contributed by atoms with van der Waals surface area (Å²) >= 11 is 0. The lowest BCUT2D eigenvalue weighted by atomic mass is 10.0. The minimum atomic E-state index is -1.54. The van der Waals surface area contributed by atoms with Gasteiger partial charge in [-0.2, -0.15) is 0 Å². The molecule has 0 saturated heterocycles. The molecule has 0 bridgehead atoms. The Hall–Kier alpha value is -1.31. The van der Waals surface area contributed by atoms with Crippen molar-refractivity contribution in [2.45, 2.75) is 12.8 Å². The van der Waals surface area contributed by atoms with Gasteiger partial charge in [0.05, 0.1) is 5.89 Å². The molecule has 11 heavy (non-hydrogen) atoms. The number of carbonyl (C=O) groups is 1. The Morgan fingerprint density at radius 2 is 2.09 bits per heavy atom. The number of aliphatic carboxylic acids is 1. The third kappa shape index (κ3) is 1.80. The van der Waals surface area contributed by atoms with Gasteiger partial charge < -0.3 is 5.11 Å². The molecule has 2 heteroatoms. The van der Waals surface area contributed by atoms with Crippen LogP contribution in [0.4, 0.5) is 0 Å². The van der Waals surface area contributed by atoms with Gasteiger partial charge in [0.15, 0.2) is 0 Å². The lowest BCUT2D eigenvalue weighted by Crippen LogP contribution is -2.06. The van der Waals surface area contributed by atoms with Gasteiger partial charge in [-0.15, -0.1) is 0 Å². The molecule has 0 aliphatic heterocycles. The van der Waals surface area contributed by atoms with Crippen molar-refractivity contribution in [3.8, 4) is 0 Å². The van der Waals surface area contributed by atoms with Crippen LogP contribution in [0.3, 0.4) is 0 Å². The fourth-order valence-corrected chi connectivity index (χ4v) is 0.812. The molecule has 0 spiro atoms. The molecule has 0 unspecified atom stereocenters. The number of hydrogen-bond acceptors (Lipinski definition) is 1. The summed E-state index contributed by atoms with van der Waals surface area (Å²) in [5.41, 5.74) is 0.498. The van der Waals surface area contributed by atoms with Gasteiger partial charge in [0.2, 0.25) is 0 Å². The van der Waals surface area contributed by atoms with Crippen LogP contribution in [0.25, 0.3) is 0 Å². The summed E-state index contributed by atoms with van der Waals surface area (Å²) in [6.45, 7) is 1.37. The van der Waals surface area contributed by atoms with Crippen molar-refractivity contribution in [3.05, 3.63) is 35.9 Å². The third-order valence-corrected chi connectivity index (χ3v) is 1.53. The molecule has 0 radical (unpaired) electrons. The quantitative estimate of drug-likeness (QED) is 0.700. The Morgan fingerprint density at radius 1 is 1.55 bits per heavy atom. The molecule has 0 fully saturated rings. The fraction of sp³-hybridized carbons (Fsp3) is 0.222. The van der Waals surface area contributed by atoms with Crippen molar-refractivity contribution < 1.29 is 11.3 Å². The summed E-state index contributed by atoms with van der Waals surface area (Å²) in [5.74, 6) is -2.67. The highest BCUT2D eigenvalue weighted by molar-refractivity contribution is 5.75. The normalized spacial score (nSPS) is 16.6. The zero-order valence-corrected chi connectivity index (χ0v) is 6.24. The SMILES string of the molecule is [2H][C@@](C)(C(=O)O)c1ccccc1. The molecule has 0 amide bonds. The Labute approximate surface area is 66.9 Å². The van der Waals surface area contributed by atoms with Gasteiger partial charge in [-0.05, 0) is 12.5 Å². The molecule has 2 nitrogen and oxygen atoms in total. The summed E-state index contributed by atoms with van der Waals surface area (Å²) in [6.07, 6.45) is 0. The summed E-state index contributed by atoms with van der Waals surface area (Å²) in [4.78, 5) is 10.6. The highest BCUT2D eigenvalue weighted by atomic mass is 16.4. The summed E-state index contributed by atoms with van der Waals surface area (Å²) in [5, 5.41) is 8.71. The Morgan fingerprint density at radius 3 is 2.55 bits per heavy atom. The van der Waals surface area contributed by atoms with Gasteiger partial charge in [0.25, 0.3) is 0 Å². The first-order chi connectivity index (χ1) is 5.55. The molecular formula is C9H10O2. The van der Waals surface area contributed by atoms with E-state index in [-0.39, 0.29) is 0 Å². The van der Waals surface area contributed by atoms with E-state index in [1.54, 1.807) is 30.3 Å². The Bertz CT molecular complexity index is 280. The van der Waals surface area contributed by atoms with Crippen molar-refractivity contribution in [1.29, 1.82) is 0 Å². The molecule has 0 aromatic heterocycles. The molecule has 1 aromatic carbocycles. The maximum absolute atomic E-state index is 10.6. The van der Waals surface area contributed by atoms with Crippen LogP contribution in [0.15, 0.2) is 30.3 Å². The highest BCUT2D eigenvalue weighted by Gasteiger charge is 2.11. The molecule has 0 aliphatic rings. The number of hydrogen-bond donors (Lipinski definition) is 1. The lowest BCUT2D eigenvalue weighted by Gasteiger charge is -2.04. The predicted octanol–water partition coefficient (Wildman–Crippen LogP) is 1.87. The van der Waals surface area contributed by atoms with Gasteiger partial charge in [-0.1, -0.05) is 30.3 Å². The summed E-state index contributed by atoms with van der Waals surface area (Å²) < 4.78 is 7.52. The highest BCUT2D eigenvalue weighted by Crippen LogP contribution is 2.13. The molecule has 58 valence electrons. The molecule has 0 saturated carbocycles. The summed E-state index contributed by atoms with van der Waals surface area (Å²) in [7, 11) is 0. The van der Waals surface area contributed by atoms with E-state index < -0.39 is 11.9 Å². The van der Waals surface area contributed by atoms with Crippen molar-refractivity contribution in [3.63, 3.8) is 0 Å². The van der Waals surface area contributed by atoms with Crippen LogP contribution in [-0.4, -0.2) is 11.1 Å². The van der Waals surface area contributed by atoms with E-state index in [0.29, 0.717) is 5.56 Å². The van der Waals surface area contributed by atoms with E-state index in [4.69, 9.17) is 6.48 Å². The van der Waals surface area contributed by atoms with Gasteiger partial charge in [0.1, 0.15) is 0 Å². The second kappa shape index (κ2) is 3.19. The summed E-state index contributed by atoms with van der Waals surface area (Å²) in [6, 6.07) is 8.53. The smallest absolute Gasteiger partial charge is 0.310 e. The maximum Gasteiger partial charge on any atom is 0.310 e. The number of benzene rings is 1. The largest absolute Gasteiger partial charge is 0.481 e. The first-order valence-corrected chi connectivity index (χ1v) is 3.34. The van der Waals surface area contributed by atoms with Crippen LogP contribution in [0.5, 0.6) is 0 Å². The fourth-order valence-electron chi connectivity index (χ4n) is 0.812. The predicted molar refractivity (Wildman–Crippen MR) is 42.5 cm³/mol. The molecule has 1 N–H and O–H groups in total. The molecule has 1 atom stereocenters. The van der Waals surface area contributed by atoms with Crippen molar-refractivity contribution >= 4 is 5.97 Å². The minimum absolute atomic E-state index is 0.498. The van der Waals surface area contributed by atoms with Crippen molar-refractivity contribution in [2.75, 3.05) is 0 Å². The van der Waals surface area contributed by atoms with Crippen molar-refractivity contribution in [2.24, 2.45) is 0 Å². The minimum Gasteiger partial charge on any atom is -0.481 e. The molecule has 0 heterocycles. The molecule has 0 aliphatic carbocycles. The zero-order valence-electron chi connectivity index (χ0n) is 7.24. The van der Waals surface area contributed by atoms with E-state index >= 15 is 0 Å². The second-order valence-corrected chi connectivity index (χ2v) is 2.30. The van der Waals surface area contributed by atoms with Crippen LogP contribution in [0.1, 0.15) is 19.8 Å². The number of carboxylic acids is 1. The maximum atomic E-state index is 10.6.